The summed E-state index contributed by atoms with van der Waals surface area (Å²) in [5.41, 5.74) is 0.728. The minimum atomic E-state index is -1.50. The molecular formula is C11H12N3O3-. The normalized spacial score (nSPS) is 9.06. The van der Waals surface area contributed by atoms with Crippen LogP contribution < -0.4 is 10.4 Å². The highest BCUT2D eigenvalue weighted by Gasteiger charge is 2.05. The third-order valence-electron chi connectivity index (χ3n) is 1.62. The zero-order valence-electron chi connectivity index (χ0n) is 9.51. The van der Waals surface area contributed by atoms with Crippen molar-refractivity contribution in [1.82, 2.24) is 10.2 Å². The number of anilines is 2. The van der Waals surface area contributed by atoms with E-state index in [9.17, 15) is 9.90 Å². The number of aromatic carboxylic acids is 1. The minimum Gasteiger partial charge on any atom is -0.540 e. The predicted octanol–water partition coefficient (Wildman–Crippen LogP) is 1.20. The van der Waals surface area contributed by atoms with Crippen LogP contribution in [0.15, 0.2) is 34.7 Å². The molecule has 0 fully saturated rings. The second-order valence-electron chi connectivity index (χ2n) is 2.69. The van der Waals surface area contributed by atoms with Crippen LogP contribution in [0.1, 0.15) is 24.5 Å². The van der Waals surface area contributed by atoms with Crippen molar-refractivity contribution in [1.29, 1.82) is 0 Å². The molecule has 0 aliphatic rings. The molecule has 2 aromatic rings. The molecule has 1 heterocycles. The molecule has 0 radical (unpaired) electrons. The lowest BCUT2D eigenvalue weighted by molar-refractivity contribution is -0.257. The second-order valence-corrected chi connectivity index (χ2v) is 2.69. The van der Waals surface area contributed by atoms with Crippen molar-refractivity contribution < 1.29 is 14.3 Å². The molecule has 0 unspecified atom stereocenters. The number of nitrogens with one attached hydrogen (secondary N) is 1. The van der Waals surface area contributed by atoms with Gasteiger partial charge in [-0.25, -0.2) is 0 Å². The summed E-state index contributed by atoms with van der Waals surface area (Å²) < 4.78 is 4.75. The molecule has 0 bridgehead atoms. The largest absolute Gasteiger partial charge is 0.540 e. The molecular weight excluding hydrogens is 222 g/mol. The van der Waals surface area contributed by atoms with Gasteiger partial charge < -0.3 is 19.6 Å². The number of para-hydroxylation sites is 1. The van der Waals surface area contributed by atoms with E-state index in [2.05, 4.69) is 15.5 Å². The summed E-state index contributed by atoms with van der Waals surface area (Å²) in [4.78, 5) is 10.3. The third kappa shape index (κ3) is 3.60. The van der Waals surface area contributed by atoms with E-state index in [1.807, 2.05) is 32.0 Å². The zero-order chi connectivity index (χ0) is 12.7. The SMILES string of the molecule is CC.O=C([O-])c1nnc(Nc2ccccc2)o1. The first-order valence-electron chi connectivity index (χ1n) is 5.12. The fourth-order valence-electron chi connectivity index (χ4n) is 1.00. The number of rotatable bonds is 3. The first kappa shape index (κ1) is 12.7. The first-order chi connectivity index (χ1) is 8.25. The molecule has 90 valence electrons. The van der Waals surface area contributed by atoms with Crippen LogP contribution in [0.25, 0.3) is 0 Å². The number of carbonyl (C=O) groups excluding carboxylic acids is 1. The fraction of sp³-hybridized carbons (Fsp3) is 0.182. The van der Waals surface area contributed by atoms with Crippen LogP contribution in [0.5, 0.6) is 0 Å². The van der Waals surface area contributed by atoms with Gasteiger partial charge in [-0.2, -0.15) is 0 Å². The molecule has 6 heteroatoms. The van der Waals surface area contributed by atoms with Crippen LogP contribution in [0, 0.1) is 0 Å². The summed E-state index contributed by atoms with van der Waals surface area (Å²) in [5.74, 6) is -2.04. The first-order valence-corrected chi connectivity index (χ1v) is 5.12. The van der Waals surface area contributed by atoms with Gasteiger partial charge in [0.2, 0.25) is 0 Å². The Labute approximate surface area is 98.3 Å². The smallest absolute Gasteiger partial charge is 0.320 e. The number of hydrogen-bond donors (Lipinski definition) is 1. The summed E-state index contributed by atoms with van der Waals surface area (Å²) in [6.45, 7) is 4.00. The number of aromatic nitrogens is 2. The van der Waals surface area contributed by atoms with Gasteiger partial charge in [-0.15, -0.1) is 5.10 Å². The molecule has 17 heavy (non-hydrogen) atoms. The molecule has 0 saturated carbocycles. The van der Waals surface area contributed by atoms with Gasteiger partial charge in [-0.1, -0.05) is 37.1 Å². The average Bonchev–Trinajstić information content (AvgIpc) is 2.82. The topological polar surface area (TPSA) is 91.1 Å². The molecule has 0 aliphatic carbocycles. The van der Waals surface area contributed by atoms with Gasteiger partial charge in [0.1, 0.15) is 5.97 Å². The Kier molecular flexibility index (Phi) is 4.68. The maximum absolute atomic E-state index is 10.3. The summed E-state index contributed by atoms with van der Waals surface area (Å²) in [5, 5.41) is 19.8. The molecule has 0 saturated heterocycles. The highest BCUT2D eigenvalue weighted by Crippen LogP contribution is 2.13. The standard InChI is InChI=1S/C9H7N3O3.C2H6/c13-8(14)7-11-12-9(15-7)10-6-4-2-1-3-5-6;1-2/h1-5H,(H,10,12)(H,13,14);1-2H3/p-1. The minimum absolute atomic E-state index is 0.0143. The Morgan fingerprint density at radius 1 is 1.24 bits per heavy atom. The van der Waals surface area contributed by atoms with Crippen molar-refractivity contribution in [3.63, 3.8) is 0 Å². The van der Waals surface area contributed by atoms with Gasteiger partial charge >= 0.3 is 6.01 Å². The van der Waals surface area contributed by atoms with Crippen molar-refractivity contribution >= 4 is 17.7 Å². The molecule has 6 nitrogen and oxygen atoms in total. The van der Waals surface area contributed by atoms with Crippen molar-refractivity contribution in [2.75, 3.05) is 5.32 Å². The molecule has 0 atom stereocenters. The maximum Gasteiger partial charge on any atom is 0.320 e. The molecule has 1 aromatic carbocycles. The molecule has 0 aliphatic heterocycles. The lowest BCUT2D eigenvalue weighted by Crippen LogP contribution is -2.22. The van der Waals surface area contributed by atoms with E-state index in [0.29, 0.717) is 0 Å². The van der Waals surface area contributed by atoms with Crippen LogP contribution in [0.2, 0.25) is 0 Å². The van der Waals surface area contributed by atoms with Crippen LogP contribution >= 0.6 is 0 Å². The average molecular weight is 234 g/mol. The lowest BCUT2D eigenvalue weighted by Gasteiger charge is -1.98. The fourth-order valence-corrected chi connectivity index (χ4v) is 1.00. The van der Waals surface area contributed by atoms with Gasteiger partial charge in [0.15, 0.2) is 0 Å². The summed E-state index contributed by atoms with van der Waals surface area (Å²) in [7, 11) is 0. The van der Waals surface area contributed by atoms with Crippen molar-refractivity contribution in [3.8, 4) is 0 Å². The van der Waals surface area contributed by atoms with E-state index in [1.54, 1.807) is 12.1 Å². The van der Waals surface area contributed by atoms with E-state index in [4.69, 9.17) is 4.42 Å². The van der Waals surface area contributed by atoms with E-state index in [1.165, 1.54) is 0 Å². The summed E-state index contributed by atoms with van der Waals surface area (Å²) in [6, 6.07) is 9.06. The van der Waals surface area contributed by atoms with Crippen LogP contribution in [0.3, 0.4) is 0 Å². The van der Waals surface area contributed by atoms with Gasteiger partial charge in [0.25, 0.3) is 5.89 Å². The lowest BCUT2D eigenvalue weighted by atomic mass is 10.3. The molecule has 1 N–H and O–H groups in total. The Balaban J connectivity index is 0.000000686. The van der Waals surface area contributed by atoms with Gasteiger partial charge in [0, 0.05) is 5.69 Å². The van der Waals surface area contributed by atoms with Crippen LogP contribution in [-0.2, 0) is 0 Å². The van der Waals surface area contributed by atoms with Gasteiger partial charge in [-0.3, -0.25) is 0 Å². The van der Waals surface area contributed by atoms with E-state index in [-0.39, 0.29) is 6.01 Å². The number of hydrogen-bond acceptors (Lipinski definition) is 6. The molecule has 1 aromatic heterocycles. The Bertz CT molecular complexity index is 468. The third-order valence-corrected chi connectivity index (χ3v) is 1.62. The zero-order valence-corrected chi connectivity index (χ0v) is 9.51. The summed E-state index contributed by atoms with van der Waals surface area (Å²) in [6.07, 6.45) is 0. The molecule has 2 rings (SSSR count). The second kappa shape index (κ2) is 6.26. The van der Waals surface area contributed by atoms with E-state index >= 15 is 0 Å². The Morgan fingerprint density at radius 3 is 2.41 bits per heavy atom. The number of carbonyl (C=O) groups is 1. The number of carboxylic acids is 1. The number of nitrogens with zero attached hydrogens (tertiary/aromatic N) is 2. The predicted molar refractivity (Wildman–Crippen MR) is 59.7 cm³/mol. The van der Waals surface area contributed by atoms with Gasteiger partial charge in [0.05, 0.1) is 0 Å². The van der Waals surface area contributed by atoms with Crippen LogP contribution in [0.4, 0.5) is 11.7 Å². The van der Waals surface area contributed by atoms with Gasteiger partial charge in [-0.05, 0) is 12.1 Å². The van der Waals surface area contributed by atoms with Crippen molar-refractivity contribution in [2.24, 2.45) is 0 Å². The quantitative estimate of drug-likeness (QED) is 0.858. The highest BCUT2D eigenvalue weighted by molar-refractivity contribution is 5.80. The Hall–Kier alpha value is -2.37. The maximum atomic E-state index is 10.3. The van der Waals surface area contributed by atoms with E-state index in [0.717, 1.165) is 5.69 Å². The van der Waals surface area contributed by atoms with E-state index < -0.39 is 11.9 Å². The highest BCUT2D eigenvalue weighted by atomic mass is 16.4. The number of benzene rings is 1. The number of carboxylic acid groups (broad SMARTS) is 1. The summed E-state index contributed by atoms with van der Waals surface area (Å²) >= 11 is 0. The Morgan fingerprint density at radius 2 is 1.88 bits per heavy atom. The van der Waals surface area contributed by atoms with Crippen LogP contribution in [-0.4, -0.2) is 16.2 Å². The van der Waals surface area contributed by atoms with Crippen molar-refractivity contribution in [3.05, 3.63) is 36.2 Å². The van der Waals surface area contributed by atoms with Crippen molar-refractivity contribution in [2.45, 2.75) is 13.8 Å². The monoisotopic (exact) mass is 234 g/mol. The molecule has 0 spiro atoms. The molecule has 0 amide bonds.